The summed E-state index contributed by atoms with van der Waals surface area (Å²) >= 11 is 0. The number of fused-ring (bicyclic) bond motifs is 1. The van der Waals surface area contributed by atoms with Crippen molar-refractivity contribution < 1.29 is 13.2 Å². The predicted molar refractivity (Wildman–Crippen MR) is 122 cm³/mol. The van der Waals surface area contributed by atoms with Crippen molar-refractivity contribution in [2.45, 2.75) is 31.7 Å². The van der Waals surface area contributed by atoms with E-state index in [2.05, 4.69) is 4.98 Å². The molecule has 8 heteroatoms. The van der Waals surface area contributed by atoms with Gasteiger partial charge >= 0.3 is 0 Å². The monoisotopic (exact) mass is 448 g/mol. The number of sulfonamides is 1. The zero-order chi connectivity index (χ0) is 23.0. The largest absolute Gasteiger partial charge is 0.333 e. The molecule has 32 heavy (non-hydrogen) atoms. The summed E-state index contributed by atoms with van der Waals surface area (Å²) in [5, 5.41) is 10.0. The Morgan fingerprint density at radius 3 is 2.62 bits per heavy atom. The minimum atomic E-state index is -3.73. The number of nitriles is 1. The lowest BCUT2D eigenvalue weighted by Gasteiger charge is -2.39. The zero-order valence-corrected chi connectivity index (χ0v) is 19.1. The highest BCUT2D eigenvalue weighted by atomic mass is 32.2. The van der Waals surface area contributed by atoms with Gasteiger partial charge in [-0.1, -0.05) is 12.1 Å². The minimum Gasteiger partial charge on any atom is -0.333 e. The minimum absolute atomic E-state index is 0.117. The number of pyridine rings is 1. The molecule has 1 aromatic heterocycles. The van der Waals surface area contributed by atoms with Gasteiger partial charge in [-0.05, 0) is 62.2 Å². The quantitative estimate of drug-likeness (QED) is 0.613. The molecule has 2 aromatic carbocycles. The normalized spacial score (nSPS) is 17.3. The van der Waals surface area contributed by atoms with Gasteiger partial charge in [0, 0.05) is 42.8 Å². The van der Waals surface area contributed by atoms with E-state index < -0.39 is 10.0 Å². The van der Waals surface area contributed by atoms with Crippen molar-refractivity contribution in [1.29, 1.82) is 5.26 Å². The van der Waals surface area contributed by atoms with Crippen molar-refractivity contribution in [3.63, 3.8) is 0 Å². The molecule has 1 unspecified atom stereocenters. The first kappa shape index (κ1) is 21.9. The number of aryl methyl sites for hydroxylation is 2. The average Bonchev–Trinajstić information content (AvgIpc) is 2.78. The number of hydrogen-bond donors (Lipinski definition) is 0. The number of benzene rings is 2. The number of piperazine rings is 1. The van der Waals surface area contributed by atoms with E-state index in [1.165, 1.54) is 16.4 Å². The summed E-state index contributed by atoms with van der Waals surface area (Å²) in [6.45, 7) is 6.16. The number of aromatic nitrogens is 1. The predicted octanol–water partition coefficient (Wildman–Crippen LogP) is 3.26. The van der Waals surface area contributed by atoms with Crippen molar-refractivity contribution in [2.75, 3.05) is 19.6 Å². The molecule has 0 aliphatic carbocycles. The molecule has 1 saturated heterocycles. The summed E-state index contributed by atoms with van der Waals surface area (Å²) in [5.41, 5.74) is 3.16. The number of rotatable bonds is 3. The maximum Gasteiger partial charge on any atom is 0.254 e. The molecule has 1 aliphatic heterocycles. The Labute approximate surface area is 188 Å². The second kappa shape index (κ2) is 8.34. The van der Waals surface area contributed by atoms with Crippen LogP contribution >= 0.6 is 0 Å². The van der Waals surface area contributed by atoms with Crippen LogP contribution < -0.4 is 0 Å². The van der Waals surface area contributed by atoms with Crippen LogP contribution in [0.25, 0.3) is 10.9 Å². The average molecular weight is 449 g/mol. The molecule has 1 fully saturated rings. The van der Waals surface area contributed by atoms with Crippen LogP contribution in [0, 0.1) is 25.2 Å². The van der Waals surface area contributed by atoms with E-state index in [0.29, 0.717) is 23.2 Å². The Bertz CT molecular complexity index is 1360. The summed E-state index contributed by atoms with van der Waals surface area (Å²) in [6.07, 6.45) is 1.71. The van der Waals surface area contributed by atoms with E-state index in [4.69, 9.17) is 5.26 Å². The van der Waals surface area contributed by atoms with E-state index in [1.54, 1.807) is 24.1 Å². The van der Waals surface area contributed by atoms with Crippen LogP contribution in [0.1, 0.15) is 34.0 Å². The summed E-state index contributed by atoms with van der Waals surface area (Å²) < 4.78 is 27.9. The maximum absolute atomic E-state index is 13.3. The van der Waals surface area contributed by atoms with Crippen molar-refractivity contribution in [3.8, 4) is 6.07 Å². The fourth-order valence-corrected chi connectivity index (χ4v) is 5.99. The Morgan fingerprint density at radius 2 is 1.94 bits per heavy atom. The van der Waals surface area contributed by atoms with Crippen LogP contribution in [-0.2, 0) is 10.0 Å². The molecule has 0 N–H and O–H groups in total. The smallest absolute Gasteiger partial charge is 0.254 e. The lowest BCUT2D eigenvalue weighted by atomic mass is 10.0. The molecular formula is C24H24N4O3S. The SMILES string of the molecule is Cc1cc(C#N)ccc1S(=O)(=O)N1CCN(C(=O)c2ccc3cccnc3c2C)C(C)C1. The molecule has 4 rings (SSSR count). The Morgan fingerprint density at radius 1 is 1.16 bits per heavy atom. The second-order valence-corrected chi connectivity index (χ2v) is 10.0. The first-order valence-corrected chi connectivity index (χ1v) is 11.8. The maximum atomic E-state index is 13.3. The van der Waals surface area contributed by atoms with Crippen molar-refractivity contribution >= 4 is 26.8 Å². The number of amides is 1. The molecule has 0 spiro atoms. The fourth-order valence-electron chi connectivity index (χ4n) is 4.27. The Hall–Kier alpha value is -3.28. The lowest BCUT2D eigenvalue weighted by molar-refractivity contribution is 0.0591. The molecule has 2 heterocycles. The van der Waals surface area contributed by atoms with Gasteiger partial charge in [0.1, 0.15) is 0 Å². The van der Waals surface area contributed by atoms with Gasteiger partial charge in [0.25, 0.3) is 5.91 Å². The highest BCUT2D eigenvalue weighted by molar-refractivity contribution is 7.89. The fraction of sp³-hybridized carbons (Fsp3) is 0.292. The highest BCUT2D eigenvalue weighted by Gasteiger charge is 2.35. The van der Waals surface area contributed by atoms with Gasteiger partial charge in [-0.2, -0.15) is 9.57 Å². The van der Waals surface area contributed by atoms with Crippen LogP contribution in [-0.4, -0.2) is 54.2 Å². The molecule has 1 atom stereocenters. The number of carbonyl (C=O) groups excluding carboxylic acids is 1. The van der Waals surface area contributed by atoms with Crippen molar-refractivity contribution in [3.05, 3.63) is 70.9 Å². The van der Waals surface area contributed by atoms with Gasteiger partial charge < -0.3 is 4.90 Å². The third kappa shape index (κ3) is 3.74. The van der Waals surface area contributed by atoms with Gasteiger partial charge in [-0.3, -0.25) is 9.78 Å². The number of nitrogens with zero attached hydrogens (tertiary/aromatic N) is 4. The Kier molecular flexibility index (Phi) is 5.71. The van der Waals surface area contributed by atoms with Crippen LogP contribution in [0.2, 0.25) is 0 Å². The van der Waals surface area contributed by atoms with Gasteiger partial charge in [0.2, 0.25) is 10.0 Å². The highest BCUT2D eigenvalue weighted by Crippen LogP contribution is 2.26. The van der Waals surface area contributed by atoms with Gasteiger partial charge in [0.15, 0.2) is 0 Å². The lowest BCUT2D eigenvalue weighted by Crippen LogP contribution is -2.55. The number of carbonyl (C=O) groups is 1. The summed E-state index contributed by atoms with van der Waals surface area (Å²) in [6, 6.07) is 13.8. The van der Waals surface area contributed by atoms with E-state index in [0.717, 1.165) is 16.5 Å². The Balaban J connectivity index is 1.57. The van der Waals surface area contributed by atoms with Crippen molar-refractivity contribution in [1.82, 2.24) is 14.2 Å². The molecule has 3 aromatic rings. The van der Waals surface area contributed by atoms with Crippen LogP contribution in [0.3, 0.4) is 0 Å². The third-order valence-corrected chi connectivity index (χ3v) is 8.06. The van der Waals surface area contributed by atoms with Gasteiger partial charge in [-0.15, -0.1) is 0 Å². The molecule has 164 valence electrons. The third-order valence-electron chi connectivity index (χ3n) is 6.03. The van der Waals surface area contributed by atoms with Crippen LogP contribution in [0.4, 0.5) is 0 Å². The molecule has 0 radical (unpaired) electrons. The summed E-state index contributed by atoms with van der Waals surface area (Å²) in [7, 11) is -3.73. The van der Waals surface area contributed by atoms with Crippen LogP contribution in [0.15, 0.2) is 53.6 Å². The molecule has 1 amide bonds. The zero-order valence-electron chi connectivity index (χ0n) is 18.2. The van der Waals surface area contributed by atoms with Gasteiger partial charge in [0.05, 0.1) is 22.0 Å². The van der Waals surface area contributed by atoms with E-state index in [9.17, 15) is 13.2 Å². The summed E-state index contributed by atoms with van der Waals surface area (Å²) in [5.74, 6) is -0.117. The second-order valence-electron chi connectivity index (χ2n) is 8.12. The molecule has 1 aliphatic rings. The molecular weight excluding hydrogens is 424 g/mol. The van der Waals surface area contributed by atoms with Crippen LogP contribution in [0.5, 0.6) is 0 Å². The molecule has 0 bridgehead atoms. The first-order chi connectivity index (χ1) is 15.2. The van der Waals surface area contributed by atoms with E-state index in [1.807, 2.05) is 44.2 Å². The van der Waals surface area contributed by atoms with Crippen molar-refractivity contribution in [2.24, 2.45) is 0 Å². The van der Waals surface area contributed by atoms with Gasteiger partial charge in [-0.25, -0.2) is 8.42 Å². The van der Waals surface area contributed by atoms with E-state index >= 15 is 0 Å². The standard InChI is InChI=1S/C24H24N4O3S/c1-16-13-19(14-25)6-9-22(16)32(30,31)27-11-12-28(17(2)15-27)24(29)21-8-7-20-5-4-10-26-23(20)18(21)3/h4-10,13,17H,11-12,15H2,1-3H3. The molecule has 0 saturated carbocycles. The molecule has 7 nitrogen and oxygen atoms in total. The summed E-state index contributed by atoms with van der Waals surface area (Å²) in [4.78, 5) is 19.7. The topological polar surface area (TPSA) is 94.4 Å². The number of hydrogen-bond acceptors (Lipinski definition) is 5. The van der Waals surface area contributed by atoms with E-state index in [-0.39, 0.29) is 29.9 Å². The first-order valence-electron chi connectivity index (χ1n) is 10.4.